The molecule has 7 nitrogen and oxygen atoms in total. The second-order valence-electron chi connectivity index (χ2n) is 7.08. The Labute approximate surface area is 182 Å². The van der Waals surface area contributed by atoms with Crippen molar-refractivity contribution in [3.05, 3.63) is 76.5 Å². The Hall–Kier alpha value is -3.24. The Balaban J connectivity index is 1.59. The maximum Gasteiger partial charge on any atom is 0.265 e. The van der Waals surface area contributed by atoms with Gasteiger partial charge in [-0.2, -0.15) is 5.10 Å². The predicted octanol–water partition coefficient (Wildman–Crippen LogP) is 4.22. The summed E-state index contributed by atoms with van der Waals surface area (Å²) in [7, 11) is -3.65. The predicted molar refractivity (Wildman–Crippen MR) is 121 cm³/mol. The first-order chi connectivity index (χ1) is 14.7. The lowest BCUT2D eigenvalue weighted by Crippen LogP contribution is -2.13. The molecule has 0 saturated heterocycles. The highest BCUT2D eigenvalue weighted by Gasteiger charge is 2.17. The van der Waals surface area contributed by atoms with E-state index in [1.807, 2.05) is 41.9 Å². The minimum atomic E-state index is -3.65. The monoisotopic (exact) mass is 458 g/mol. The summed E-state index contributed by atoms with van der Waals surface area (Å²) in [4.78, 5) is 14.1. The van der Waals surface area contributed by atoms with Gasteiger partial charge in [0, 0.05) is 11.1 Å². The summed E-state index contributed by atoms with van der Waals surface area (Å²) >= 11 is 1.31. The number of aromatic nitrogens is 2. The van der Waals surface area contributed by atoms with E-state index in [0.717, 1.165) is 33.8 Å². The van der Waals surface area contributed by atoms with Crippen LogP contribution < -0.4 is 10.0 Å². The Bertz CT molecular complexity index is 1380. The maximum absolute atomic E-state index is 13.9. The van der Waals surface area contributed by atoms with E-state index in [1.165, 1.54) is 23.5 Å². The third kappa shape index (κ3) is 4.75. The number of amides is 1. The molecule has 0 fully saturated rings. The molecule has 160 valence electrons. The van der Waals surface area contributed by atoms with Gasteiger partial charge in [0.1, 0.15) is 10.6 Å². The van der Waals surface area contributed by atoms with Crippen molar-refractivity contribution >= 4 is 48.9 Å². The fourth-order valence-electron chi connectivity index (χ4n) is 3.16. The molecule has 2 N–H and O–H groups in total. The van der Waals surface area contributed by atoms with Crippen LogP contribution in [0.5, 0.6) is 0 Å². The highest BCUT2D eigenvalue weighted by atomic mass is 32.2. The molecule has 0 aliphatic carbocycles. The van der Waals surface area contributed by atoms with Crippen LogP contribution in [-0.2, 0) is 16.6 Å². The van der Waals surface area contributed by atoms with Crippen molar-refractivity contribution in [1.82, 2.24) is 9.78 Å². The maximum atomic E-state index is 13.9. The first-order valence-electron chi connectivity index (χ1n) is 9.29. The number of carbonyl (C=O) groups excluding carboxylic acids is 1. The molecular weight excluding hydrogens is 439 g/mol. The molecule has 2 heterocycles. The van der Waals surface area contributed by atoms with E-state index in [-0.39, 0.29) is 17.3 Å². The largest absolute Gasteiger partial charge is 0.321 e. The normalized spacial score (nSPS) is 11.6. The van der Waals surface area contributed by atoms with Crippen molar-refractivity contribution in [3.8, 4) is 0 Å². The third-order valence-electron chi connectivity index (χ3n) is 4.53. The van der Waals surface area contributed by atoms with Gasteiger partial charge >= 0.3 is 0 Å². The van der Waals surface area contributed by atoms with Crippen molar-refractivity contribution in [2.24, 2.45) is 0 Å². The molecule has 2 aromatic heterocycles. The number of benzene rings is 2. The van der Waals surface area contributed by atoms with E-state index < -0.39 is 15.8 Å². The fraction of sp³-hybridized carbons (Fsp3) is 0.143. The topological polar surface area (TPSA) is 93.1 Å². The molecule has 1 amide bonds. The average molecular weight is 459 g/mol. The number of hydrogen-bond acceptors (Lipinski definition) is 5. The van der Waals surface area contributed by atoms with Crippen LogP contribution in [0, 0.1) is 12.7 Å². The van der Waals surface area contributed by atoms with Crippen molar-refractivity contribution in [3.63, 3.8) is 0 Å². The van der Waals surface area contributed by atoms with Crippen LogP contribution in [-0.4, -0.2) is 30.4 Å². The highest BCUT2D eigenvalue weighted by Crippen LogP contribution is 2.30. The number of anilines is 2. The lowest BCUT2D eigenvalue weighted by atomic mass is 10.2. The standard InChI is InChI=1S/C21H19FN4O3S2/c1-13-16-11-19(30-21(16)26(24-13)12-14-6-4-3-5-7-14)20(27)23-15-8-9-17(22)18(10-15)25-31(2,28)29/h3-11,25H,12H2,1-2H3,(H,23,27). The SMILES string of the molecule is Cc1nn(Cc2ccccc2)c2sc(C(=O)Nc3ccc(F)c(NS(C)(=O)=O)c3)cc12. The van der Waals surface area contributed by atoms with Crippen molar-refractivity contribution < 1.29 is 17.6 Å². The summed E-state index contributed by atoms with van der Waals surface area (Å²) < 4.78 is 40.6. The fourth-order valence-corrected chi connectivity index (χ4v) is 4.77. The molecule has 0 atom stereocenters. The van der Waals surface area contributed by atoms with Crippen LogP contribution in [0.2, 0.25) is 0 Å². The molecule has 0 unspecified atom stereocenters. The zero-order valence-electron chi connectivity index (χ0n) is 16.7. The third-order valence-corrected chi connectivity index (χ3v) is 6.26. The summed E-state index contributed by atoms with van der Waals surface area (Å²) in [6, 6.07) is 15.4. The second-order valence-corrected chi connectivity index (χ2v) is 9.86. The number of halogens is 1. The van der Waals surface area contributed by atoms with Gasteiger partial charge in [0.2, 0.25) is 10.0 Å². The van der Waals surface area contributed by atoms with Crippen molar-refractivity contribution in [2.45, 2.75) is 13.5 Å². The number of aryl methyl sites for hydroxylation is 1. The molecule has 0 aliphatic heterocycles. The Morgan fingerprint density at radius 2 is 1.90 bits per heavy atom. The number of thiophene rings is 1. The Kier molecular flexibility index (Phi) is 5.50. The minimum absolute atomic E-state index is 0.231. The lowest BCUT2D eigenvalue weighted by Gasteiger charge is -2.09. The van der Waals surface area contributed by atoms with Gasteiger partial charge < -0.3 is 5.32 Å². The van der Waals surface area contributed by atoms with Gasteiger partial charge in [-0.1, -0.05) is 30.3 Å². The molecule has 0 spiro atoms. The number of carbonyl (C=O) groups is 1. The molecule has 0 aliphatic rings. The molecule has 4 aromatic rings. The average Bonchev–Trinajstić information content (AvgIpc) is 3.26. The summed E-state index contributed by atoms with van der Waals surface area (Å²) in [5.74, 6) is -1.11. The van der Waals surface area contributed by atoms with E-state index >= 15 is 0 Å². The van der Waals surface area contributed by atoms with Gasteiger partial charge in [-0.05, 0) is 36.8 Å². The molecule has 31 heavy (non-hydrogen) atoms. The van der Waals surface area contributed by atoms with Gasteiger partial charge in [-0.25, -0.2) is 12.8 Å². The van der Waals surface area contributed by atoms with Crippen LogP contribution in [0.4, 0.5) is 15.8 Å². The second kappa shape index (κ2) is 8.12. The van der Waals surface area contributed by atoms with Crippen LogP contribution in [0.15, 0.2) is 54.6 Å². The molecule has 2 aromatic carbocycles. The molecule has 0 saturated carbocycles. The summed E-state index contributed by atoms with van der Waals surface area (Å²) in [5.41, 5.74) is 1.97. The molecule has 4 rings (SSSR count). The van der Waals surface area contributed by atoms with Crippen molar-refractivity contribution in [2.75, 3.05) is 16.3 Å². The van der Waals surface area contributed by atoms with Crippen LogP contribution >= 0.6 is 11.3 Å². The zero-order chi connectivity index (χ0) is 22.2. The summed E-state index contributed by atoms with van der Waals surface area (Å²) in [6.45, 7) is 2.48. The van der Waals surface area contributed by atoms with Gasteiger partial charge in [0.05, 0.1) is 29.1 Å². The van der Waals surface area contributed by atoms with E-state index in [4.69, 9.17) is 0 Å². The summed E-state index contributed by atoms with van der Waals surface area (Å²) in [5, 5.41) is 8.16. The van der Waals surface area contributed by atoms with E-state index in [1.54, 1.807) is 6.07 Å². The number of sulfonamides is 1. The molecular formula is C21H19FN4O3S2. The number of fused-ring (bicyclic) bond motifs is 1. The quantitative estimate of drug-likeness (QED) is 0.453. The lowest BCUT2D eigenvalue weighted by molar-refractivity contribution is 0.103. The minimum Gasteiger partial charge on any atom is -0.321 e. The van der Waals surface area contributed by atoms with Crippen LogP contribution in [0.25, 0.3) is 10.2 Å². The van der Waals surface area contributed by atoms with Crippen molar-refractivity contribution in [1.29, 1.82) is 0 Å². The van der Waals surface area contributed by atoms with Gasteiger partial charge in [0.25, 0.3) is 5.91 Å². The van der Waals surface area contributed by atoms with Crippen LogP contribution in [0.1, 0.15) is 20.9 Å². The number of nitrogens with zero attached hydrogens (tertiary/aromatic N) is 2. The van der Waals surface area contributed by atoms with Gasteiger partial charge in [-0.15, -0.1) is 11.3 Å². The first-order valence-corrected chi connectivity index (χ1v) is 12.0. The van der Waals surface area contributed by atoms with E-state index in [0.29, 0.717) is 11.4 Å². The van der Waals surface area contributed by atoms with E-state index in [9.17, 15) is 17.6 Å². The molecule has 0 radical (unpaired) electrons. The first kappa shape index (κ1) is 21.0. The van der Waals surface area contributed by atoms with Gasteiger partial charge in [0.15, 0.2) is 0 Å². The number of rotatable bonds is 6. The Morgan fingerprint density at radius 1 is 1.16 bits per heavy atom. The summed E-state index contributed by atoms with van der Waals surface area (Å²) in [6.07, 6.45) is 0.927. The molecule has 10 heteroatoms. The number of nitrogens with one attached hydrogen (secondary N) is 2. The smallest absolute Gasteiger partial charge is 0.265 e. The van der Waals surface area contributed by atoms with E-state index in [2.05, 4.69) is 15.1 Å². The Morgan fingerprint density at radius 3 is 2.61 bits per heavy atom. The van der Waals surface area contributed by atoms with Crippen LogP contribution in [0.3, 0.4) is 0 Å². The molecule has 0 bridgehead atoms. The number of hydrogen-bond donors (Lipinski definition) is 2. The zero-order valence-corrected chi connectivity index (χ0v) is 18.3. The van der Waals surface area contributed by atoms with Gasteiger partial charge in [-0.3, -0.25) is 14.2 Å². The highest BCUT2D eigenvalue weighted by molar-refractivity contribution is 7.92.